The molecule has 0 aromatic heterocycles. The Kier molecular flexibility index (Phi) is 4.41. The lowest BCUT2D eigenvalue weighted by atomic mass is 10.2. The molecule has 1 fully saturated rings. The lowest BCUT2D eigenvalue weighted by molar-refractivity contribution is 0.108. The van der Waals surface area contributed by atoms with Crippen LogP contribution in [0.1, 0.15) is 10.4 Å². The molecule has 98 valence electrons. The first-order chi connectivity index (χ1) is 8.39. The summed E-state index contributed by atoms with van der Waals surface area (Å²) in [5.74, 6) is -0.0719. The third-order valence-corrected chi connectivity index (χ3v) is 7.25. The summed E-state index contributed by atoms with van der Waals surface area (Å²) in [6.07, 6.45) is 0. The number of carbonyl (C=O) groups excluding carboxylic acids is 1. The fraction of sp³-hybridized carbons (Fsp3) is 0.364. The second-order valence-corrected chi connectivity index (χ2v) is 8.80. The summed E-state index contributed by atoms with van der Waals surface area (Å²) >= 11 is 10.3. The van der Waals surface area contributed by atoms with Crippen LogP contribution in [-0.2, 0) is 9.84 Å². The van der Waals surface area contributed by atoms with E-state index < -0.39 is 15.2 Å². The largest absolute Gasteiger partial charge is 0.282 e. The monoisotopic (exact) mass is 368 g/mol. The molecule has 0 radical (unpaired) electrons. The third-order valence-electron chi connectivity index (χ3n) is 2.59. The minimum absolute atomic E-state index is 0.0258. The Morgan fingerprint density at radius 2 is 2.00 bits per heavy atom. The number of alkyl halides is 1. The second kappa shape index (κ2) is 5.53. The van der Waals surface area contributed by atoms with Crippen LogP contribution in [-0.4, -0.2) is 35.7 Å². The fourth-order valence-corrected chi connectivity index (χ4v) is 6.66. The van der Waals surface area contributed by atoms with Gasteiger partial charge in [0.15, 0.2) is 9.84 Å². The molecule has 0 N–H and O–H groups in total. The molecule has 2 atom stereocenters. The van der Waals surface area contributed by atoms with Crippen molar-refractivity contribution in [2.24, 2.45) is 0 Å². The number of halogens is 2. The zero-order valence-electron chi connectivity index (χ0n) is 9.18. The molecule has 0 amide bonds. The fourth-order valence-electron chi connectivity index (χ4n) is 1.71. The molecule has 1 aliphatic heterocycles. The van der Waals surface area contributed by atoms with Crippen LogP contribution in [0.25, 0.3) is 0 Å². The minimum Gasteiger partial charge on any atom is -0.282 e. The van der Waals surface area contributed by atoms with Crippen LogP contribution in [0, 0.1) is 0 Å². The molecule has 1 aromatic rings. The quantitative estimate of drug-likeness (QED) is 0.752. The molecule has 0 unspecified atom stereocenters. The first-order valence-corrected chi connectivity index (χ1v) is 9.12. The number of hydrogen-bond donors (Lipinski definition) is 0. The minimum atomic E-state index is -3.10. The standard InChI is InChI=1S/C11H10BrClO3S2/c12-8-4-2-1-3-7(8)11(14)17-10-6-18(15,16)5-9(10)13/h1-4,9-10H,5-6H2/t9-,10+/m1/s1. The maximum Gasteiger partial charge on any atom is 0.220 e. The summed E-state index contributed by atoms with van der Waals surface area (Å²) in [6.45, 7) is 0. The highest BCUT2D eigenvalue weighted by Gasteiger charge is 2.38. The van der Waals surface area contributed by atoms with Crippen molar-refractivity contribution < 1.29 is 13.2 Å². The van der Waals surface area contributed by atoms with Crippen molar-refractivity contribution in [3.63, 3.8) is 0 Å². The van der Waals surface area contributed by atoms with Crippen molar-refractivity contribution in [3.05, 3.63) is 34.3 Å². The van der Waals surface area contributed by atoms with E-state index in [1.807, 2.05) is 6.07 Å². The Balaban J connectivity index is 2.12. The predicted octanol–water partition coefficient (Wildman–Crippen LogP) is 2.73. The Morgan fingerprint density at radius 3 is 2.56 bits per heavy atom. The zero-order valence-corrected chi connectivity index (χ0v) is 13.2. The van der Waals surface area contributed by atoms with E-state index in [0.717, 1.165) is 11.8 Å². The molecule has 18 heavy (non-hydrogen) atoms. The zero-order chi connectivity index (χ0) is 13.3. The highest BCUT2D eigenvalue weighted by atomic mass is 79.9. The van der Waals surface area contributed by atoms with Gasteiger partial charge in [-0.3, -0.25) is 4.79 Å². The van der Waals surface area contributed by atoms with Crippen molar-refractivity contribution in [2.45, 2.75) is 10.6 Å². The van der Waals surface area contributed by atoms with Gasteiger partial charge < -0.3 is 0 Å². The second-order valence-electron chi connectivity index (χ2n) is 4.02. The van der Waals surface area contributed by atoms with E-state index in [2.05, 4.69) is 15.9 Å². The molecule has 1 saturated heterocycles. The van der Waals surface area contributed by atoms with E-state index in [-0.39, 0.29) is 21.9 Å². The van der Waals surface area contributed by atoms with Crippen LogP contribution in [0.15, 0.2) is 28.7 Å². The Bertz CT molecular complexity index is 573. The van der Waals surface area contributed by atoms with Gasteiger partial charge >= 0.3 is 0 Å². The van der Waals surface area contributed by atoms with Crippen molar-refractivity contribution in [1.29, 1.82) is 0 Å². The normalized spacial score (nSPS) is 26.1. The van der Waals surface area contributed by atoms with Crippen LogP contribution in [0.5, 0.6) is 0 Å². The van der Waals surface area contributed by atoms with Gasteiger partial charge in [-0.2, -0.15) is 0 Å². The molecule has 0 bridgehead atoms. The number of carbonyl (C=O) groups is 1. The van der Waals surface area contributed by atoms with Crippen molar-refractivity contribution >= 4 is 54.2 Å². The van der Waals surface area contributed by atoms with Gasteiger partial charge in [-0.05, 0) is 12.1 Å². The highest BCUT2D eigenvalue weighted by Crippen LogP contribution is 2.32. The Labute approximate surface area is 123 Å². The van der Waals surface area contributed by atoms with Gasteiger partial charge in [-0.15, -0.1) is 11.6 Å². The first-order valence-electron chi connectivity index (χ1n) is 5.19. The smallest absolute Gasteiger partial charge is 0.220 e. The number of hydrogen-bond acceptors (Lipinski definition) is 4. The van der Waals surface area contributed by atoms with Gasteiger partial charge in [0.2, 0.25) is 5.12 Å². The van der Waals surface area contributed by atoms with E-state index in [9.17, 15) is 13.2 Å². The van der Waals surface area contributed by atoms with Gasteiger partial charge in [0.05, 0.1) is 16.9 Å². The molecule has 0 aliphatic carbocycles. The van der Waals surface area contributed by atoms with Crippen molar-refractivity contribution in [2.75, 3.05) is 11.5 Å². The summed E-state index contributed by atoms with van der Waals surface area (Å²) in [7, 11) is -3.10. The van der Waals surface area contributed by atoms with E-state index in [0.29, 0.717) is 10.0 Å². The number of sulfone groups is 1. The number of rotatable bonds is 2. The van der Waals surface area contributed by atoms with E-state index >= 15 is 0 Å². The summed E-state index contributed by atoms with van der Waals surface area (Å²) in [5, 5.41) is -1.02. The lowest BCUT2D eigenvalue weighted by Crippen LogP contribution is -2.17. The first kappa shape index (κ1) is 14.4. The molecule has 0 spiro atoms. The summed E-state index contributed by atoms with van der Waals surface area (Å²) in [4.78, 5) is 12.1. The molecule has 3 nitrogen and oxygen atoms in total. The van der Waals surface area contributed by atoms with Crippen LogP contribution >= 0.6 is 39.3 Å². The third kappa shape index (κ3) is 3.29. The van der Waals surface area contributed by atoms with Gasteiger partial charge in [0, 0.05) is 15.3 Å². The average molecular weight is 370 g/mol. The SMILES string of the molecule is O=C(S[C@H]1CS(=O)(=O)C[C@H]1Cl)c1ccccc1Br. The molecule has 2 rings (SSSR count). The van der Waals surface area contributed by atoms with Crippen molar-refractivity contribution in [3.8, 4) is 0 Å². The van der Waals surface area contributed by atoms with Crippen LogP contribution < -0.4 is 0 Å². The van der Waals surface area contributed by atoms with Gasteiger partial charge in [0.1, 0.15) is 0 Å². The van der Waals surface area contributed by atoms with E-state index in [1.165, 1.54) is 0 Å². The average Bonchev–Trinajstić information content (AvgIpc) is 2.52. The summed E-state index contributed by atoms with van der Waals surface area (Å²) in [6, 6.07) is 7.06. The molecule has 1 aliphatic rings. The number of benzene rings is 1. The van der Waals surface area contributed by atoms with E-state index in [1.54, 1.807) is 18.2 Å². The van der Waals surface area contributed by atoms with Gasteiger partial charge in [0.25, 0.3) is 0 Å². The molecular formula is C11H10BrClO3S2. The Morgan fingerprint density at radius 1 is 1.33 bits per heavy atom. The van der Waals surface area contributed by atoms with E-state index in [4.69, 9.17) is 11.6 Å². The Hall–Kier alpha value is -0.0400. The molecule has 1 heterocycles. The van der Waals surface area contributed by atoms with Gasteiger partial charge in [-0.1, -0.05) is 39.8 Å². The molecule has 0 saturated carbocycles. The number of thioether (sulfide) groups is 1. The lowest BCUT2D eigenvalue weighted by Gasteiger charge is -2.10. The summed E-state index contributed by atoms with van der Waals surface area (Å²) < 4.78 is 23.5. The topological polar surface area (TPSA) is 51.2 Å². The van der Waals surface area contributed by atoms with Crippen molar-refractivity contribution in [1.82, 2.24) is 0 Å². The molecular weight excluding hydrogens is 360 g/mol. The molecule has 1 aromatic carbocycles. The van der Waals surface area contributed by atoms with Crippen LogP contribution in [0.4, 0.5) is 0 Å². The van der Waals surface area contributed by atoms with Gasteiger partial charge in [-0.25, -0.2) is 8.42 Å². The van der Waals surface area contributed by atoms with Crippen LogP contribution in [0.3, 0.4) is 0 Å². The van der Waals surface area contributed by atoms with Crippen LogP contribution in [0.2, 0.25) is 0 Å². The highest BCUT2D eigenvalue weighted by molar-refractivity contribution is 9.10. The summed E-state index contributed by atoms with van der Waals surface area (Å²) in [5.41, 5.74) is 0.538. The maximum atomic E-state index is 12.1. The predicted molar refractivity (Wildman–Crippen MR) is 78.1 cm³/mol. The maximum absolute atomic E-state index is 12.1. The molecule has 7 heteroatoms.